The first-order chi connectivity index (χ1) is 9.36. The number of hydrogen-bond donors (Lipinski definition) is 0. The molecule has 0 aliphatic carbocycles. The first kappa shape index (κ1) is 11.4. The van der Waals surface area contributed by atoms with Gasteiger partial charge in [0.2, 0.25) is 0 Å². The van der Waals surface area contributed by atoms with E-state index in [2.05, 4.69) is 49.4 Å². The maximum atomic E-state index is 2.38. The molecule has 0 bridgehead atoms. The molecule has 19 heavy (non-hydrogen) atoms. The van der Waals surface area contributed by atoms with Gasteiger partial charge in [-0.15, -0.1) is 22.7 Å². The predicted octanol–water partition coefficient (Wildman–Crippen LogP) is 6.22. The maximum absolute atomic E-state index is 2.38. The Bertz CT molecular complexity index is 880. The van der Waals surface area contributed by atoms with E-state index in [4.69, 9.17) is 0 Å². The van der Waals surface area contributed by atoms with Crippen molar-refractivity contribution in [3.05, 3.63) is 48.0 Å². The first-order valence-electron chi connectivity index (χ1n) is 6.69. The normalized spacial score (nSPS) is 11.8. The molecule has 0 N–H and O–H groups in total. The highest BCUT2D eigenvalue weighted by molar-refractivity contribution is 7.36. The van der Waals surface area contributed by atoms with Crippen LogP contribution in [0.15, 0.2) is 42.5 Å². The lowest BCUT2D eigenvalue weighted by atomic mass is 10.1. The van der Waals surface area contributed by atoms with E-state index in [0.717, 1.165) is 0 Å². The lowest BCUT2D eigenvalue weighted by molar-refractivity contribution is 0.924. The Labute approximate surface area is 120 Å². The minimum atomic E-state index is 1.18. The van der Waals surface area contributed by atoms with E-state index in [-0.39, 0.29) is 0 Å². The Kier molecular flexibility index (Phi) is 2.61. The molecular weight excluding hydrogens is 268 g/mol. The fourth-order valence-corrected chi connectivity index (χ4v) is 5.41. The van der Waals surface area contributed by atoms with Crippen molar-refractivity contribution < 1.29 is 0 Å². The van der Waals surface area contributed by atoms with E-state index in [0.29, 0.717) is 0 Å². The van der Waals surface area contributed by atoms with Gasteiger partial charge in [0, 0.05) is 20.2 Å². The monoisotopic (exact) mass is 282 g/mol. The fourth-order valence-electron chi connectivity index (χ4n) is 2.69. The third-order valence-electron chi connectivity index (χ3n) is 3.59. The summed E-state index contributed by atoms with van der Waals surface area (Å²) in [5.74, 6) is 0. The van der Waals surface area contributed by atoms with Crippen LogP contribution in [-0.2, 0) is 6.42 Å². The summed E-state index contributed by atoms with van der Waals surface area (Å²) in [5, 5.41) is 2.85. The van der Waals surface area contributed by atoms with Crippen molar-refractivity contribution >= 4 is 52.2 Å². The van der Waals surface area contributed by atoms with Crippen LogP contribution in [0.25, 0.3) is 29.6 Å². The van der Waals surface area contributed by atoms with Crippen LogP contribution in [0.5, 0.6) is 0 Å². The van der Waals surface area contributed by atoms with E-state index in [1.807, 2.05) is 22.7 Å². The SMILES string of the molecule is CCCc1ccc2c(c1)sc1c3ccccc3sc21. The highest BCUT2D eigenvalue weighted by atomic mass is 32.1. The van der Waals surface area contributed by atoms with Crippen molar-refractivity contribution in [2.24, 2.45) is 0 Å². The van der Waals surface area contributed by atoms with Gasteiger partial charge in [-0.2, -0.15) is 0 Å². The maximum Gasteiger partial charge on any atom is 0.0542 e. The molecule has 0 radical (unpaired) electrons. The van der Waals surface area contributed by atoms with Gasteiger partial charge in [0.25, 0.3) is 0 Å². The van der Waals surface area contributed by atoms with Gasteiger partial charge in [0.05, 0.1) is 9.40 Å². The third-order valence-corrected chi connectivity index (χ3v) is 6.11. The van der Waals surface area contributed by atoms with E-state index in [1.54, 1.807) is 0 Å². The first-order valence-corrected chi connectivity index (χ1v) is 8.33. The third kappa shape index (κ3) is 1.71. The van der Waals surface area contributed by atoms with Crippen LogP contribution in [0.3, 0.4) is 0 Å². The van der Waals surface area contributed by atoms with Crippen LogP contribution in [-0.4, -0.2) is 0 Å². The Morgan fingerprint density at radius 3 is 2.42 bits per heavy atom. The van der Waals surface area contributed by atoms with Crippen LogP contribution in [0.1, 0.15) is 18.9 Å². The molecule has 0 aliphatic rings. The van der Waals surface area contributed by atoms with Crippen molar-refractivity contribution in [3.63, 3.8) is 0 Å². The largest absolute Gasteiger partial charge is 0.134 e. The summed E-state index contributed by atoms with van der Waals surface area (Å²) in [5.41, 5.74) is 1.47. The molecule has 4 rings (SSSR count). The molecule has 94 valence electrons. The standard InChI is InChI=1S/C17H14S2/c1-2-5-11-8-9-13-15(10-11)19-16-12-6-3-4-7-14(12)18-17(13)16/h3-4,6-10H,2,5H2,1H3. The Morgan fingerprint density at radius 1 is 0.842 bits per heavy atom. The van der Waals surface area contributed by atoms with Gasteiger partial charge in [0.15, 0.2) is 0 Å². The molecular formula is C17H14S2. The van der Waals surface area contributed by atoms with E-state index in [9.17, 15) is 0 Å². The number of aryl methyl sites for hydroxylation is 1. The highest BCUT2D eigenvalue weighted by Crippen LogP contribution is 2.44. The second-order valence-electron chi connectivity index (χ2n) is 4.94. The summed E-state index contributed by atoms with van der Waals surface area (Å²) < 4.78 is 5.77. The molecule has 0 unspecified atom stereocenters. The summed E-state index contributed by atoms with van der Waals surface area (Å²) in [6.45, 7) is 2.24. The zero-order chi connectivity index (χ0) is 12.8. The molecule has 2 heterocycles. The molecule has 0 saturated heterocycles. The number of thiophene rings is 2. The second kappa shape index (κ2) is 4.32. The molecule has 0 saturated carbocycles. The zero-order valence-electron chi connectivity index (χ0n) is 10.8. The van der Waals surface area contributed by atoms with Gasteiger partial charge in [-0.1, -0.05) is 43.7 Å². The van der Waals surface area contributed by atoms with Gasteiger partial charge in [0.1, 0.15) is 0 Å². The molecule has 0 aliphatic heterocycles. The Hall–Kier alpha value is -1.38. The molecule has 0 nitrogen and oxygen atoms in total. The quantitative estimate of drug-likeness (QED) is 0.409. The minimum absolute atomic E-state index is 1.18. The van der Waals surface area contributed by atoms with Crippen molar-refractivity contribution in [2.45, 2.75) is 19.8 Å². The summed E-state index contributed by atoms with van der Waals surface area (Å²) in [6, 6.07) is 15.7. The van der Waals surface area contributed by atoms with Gasteiger partial charge in [-0.05, 0) is 24.1 Å². The van der Waals surface area contributed by atoms with E-state index >= 15 is 0 Å². The fraction of sp³-hybridized carbons (Fsp3) is 0.176. The Morgan fingerprint density at radius 2 is 1.58 bits per heavy atom. The predicted molar refractivity (Wildman–Crippen MR) is 88.7 cm³/mol. The van der Waals surface area contributed by atoms with Crippen molar-refractivity contribution in [1.82, 2.24) is 0 Å². The van der Waals surface area contributed by atoms with E-state index < -0.39 is 0 Å². The lowest BCUT2D eigenvalue weighted by Gasteiger charge is -1.98. The van der Waals surface area contributed by atoms with Crippen molar-refractivity contribution in [3.8, 4) is 0 Å². The van der Waals surface area contributed by atoms with Crippen molar-refractivity contribution in [1.29, 1.82) is 0 Å². The zero-order valence-corrected chi connectivity index (χ0v) is 12.4. The molecule has 0 atom stereocenters. The van der Waals surface area contributed by atoms with E-state index in [1.165, 1.54) is 48.0 Å². The molecule has 2 aromatic heterocycles. The summed E-state index contributed by atoms with van der Waals surface area (Å²) in [4.78, 5) is 0. The number of benzene rings is 2. The lowest BCUT2D eigenvalue weighted by Crippen LogP contribution is -1.80. The van der Waals surface area contributed by atoms with Crippen LogP contribution in [0, 0.1) is 0 Å². The van der Waals surface area contributed by atoms with Crippen LogP contribution < -0.4 is 0 Å². The average molecular weight is 282 g/mol. The number of rotatable bonds is 2. The Balaban J connectivity index is 2.07. The van der Waals surface area contributed by atoms with Gasteiger partial charge in [-0.3, -0.25) is 0 Å². The van der Waals surface area contributed by atoms with Crippen LogP contribution >= 0.6 is 22.7 Å². The molecule has 0 amide bonds. The van der Waals surface area contributed by atoms with Crippen LogP contribution in [0.2, 0.25) is 0 Å². The number of hydrogen-bond acceptors (Lipinski definition) is 2. The smallest absolute Gasteiger partial charge is 0.0542 e. The molecule has 0 fully saturated rings. The summed E-state index contributed by atoms with van der Waals surface area (Å²) in [6.07, 6.45) is 2.40. The molecule has 4 aromatic rings. The van der Waals surface area contributed by atoms with Gasteiger partial charge >= 0.3 is 0 Å². The van der Waals surface area contributed by atoms with Gasteiger partial charge < -0.3 is 0 Å². The van der Waals surface area contributed by atoms with Gasteiger partial charge in [-0.25, -0.2) is 0 Å². The summed E-state index contributed by atoms with van der Waals surface area (Å²) in [7, 11) is 0. The molecule has 2 heteroatoms. The highest BCUT2D eigenvalue weighted by Gasteiger charge is 2.11. The second-order valence-corrected chi connectivity index (χ2v) is 7.04. The van der Waals surface area contributed by atoms with Crippen molar-refractivity contribution in [2.75, 3.05) is 0 Å². The van der Waals surface area contributed by atoms with Crippen LogP contribution in [0.4, 0.5) is 0 Å². The minimum Gasteiger partial charge on any atom is -0.134 e. The molecule has 2 aromatic carbocycles. The molecule has 0 spiro atoms. The average Bonchev–Trinajstić information content (AvgIpc) is 2.94. The summed E-state index contributed by atoms with van der Waals surface area (Å²) >= 11 is 3.88. The number of fused-ring (bicyclic) bond motifs is 5. The topological polar surface area (TPSA) is 0 Å².